The van der Waals surface area contributed by atoms with Crippen molar-refractivity contribution in [1.82, 2.24) is 10.4 Å². The molecule has 3 rings (SSSR count). The standard InChI is InChI=1S/C20H18N4O3S/c1-2-15-9-8-14(11-17(15)24(26)27)12-22-23-19(25)13-28-18-7-3-5-16-6-4-10-21-20(16)18/h3-12H,2,13H2,1H3,(H,23,25)/b22-12-. The van der Waals surface area contributed by atoms with E-state index < -0.39 is 4.92 Å². The van der Waals surface area contributed by atoms with E-state index in [2.05, 4.69) is 15.5 Å². The number of hydrazone groups is 1. The number of rotatable bonds is 7. The third-order valence-corrected chi connectivity index (χ3v) is 5.09. The Balaban J connectivity index is 1.60. The summed E-state index contributed by atoms with van der Waals surface area (Å²) in [6.07, 6.45) is 3.69. The second-order valence-electron chi connectivity index (χ2n) is 5.91. The molecule has 1 amide bonds. The lowest BCUT2D eigenvalue weighted by molar-refractivity contribution is -0.385. The molecule has 1 aromatic heterocycles. The van der Waals surface area contributed by atoms with Gasteiger partial charge in [0.2, 0.25) is 5.91 Å². The molecule has 0 bridgehead atoms. The fraction of sp³-hybridized carbons (Fsp3) is 0.150. The zero-order valence-corrected chi connectivity index (χ0v) is 16.0. The zero-order valence-electron chi connectivity index (χ0n) is 15.2. The highest BCUT2D eigenvalue weighted by Crippen LogP contribution is 2.25. The summed E-state index contributed by atoms with van der Waals surface area (Å²) < 4.78 is 0. The van der Waals surface area contributed by atoms with E-state index in [-0.39, 0.29) is 17.3 Å². The van der Waals surface area contributed by atoms with Gasteiger partial charge in [0.25, 0.3) is 5.69 Å². The van der Waals surface area contributed by atoms with Crippen molar-refractivity contribution < 1.29 is 9.72 Å². The van der Waals surface area contributed by atoms with Gasteiger partial charge in [0.05, 0.1) is 22.4 Å². The van der Waals surface area contributed by atoms with E-state index in [1.54, 1.807) is 18.3 Å². The van der Waals surface area contributed by atoms with Crippen molar-refractivity contribution in [3.63, 3.8) is 0 Å². The Bertz CT molecular complexity index is 1050. The number of para-hydroxylation sites is 1. The number of nitrogens with zero attached hydrogens (tertiary/aromatic N) is 3. The van der Waals surface area contributed by atoms with E-state index in [0.29, 0.717) is 17.5 Å². The van der Waals surface area contributed by atoms with Crippen LogP contribution in [0.15, 0.2) is 64.7 Å². The Morgan fingerprint density at radius 3 is 2.89 bits per heavy atom. The fourth-order valence-electron chi connectivity index (χ4n) is 2.68. The number of pyridine rings is 1. The van der Waals surface area contributed by atoms with Gasteiger partial charge in [0, 0.05) is 33.7 Å². The van der Waals surface area contributed by atoms with Gasteiger partial charge < -0.3 is 0 Å². The van der Waals surface area contributed by atoms with Crippen molar-refractivity contribution in [3.8, 4) is 0 Å². The quantitative estimate of drug-likeness (QED) is 0.283. The van der Waals surface area contributed by atoms with Gasteiger partial charge in [0.15, 0.2) is 0 Å². The molecule has 0 saturated heterocycles. The van der Waals surface area contributed by atoms with Crippen LogP contribution in [0.2, 0.25) is 0 Å². The average Bonchev–Trinajstić information content (AvgIpc) is 2.72. The van der Waals surface area contributed by atoms with Crippen LogP contribution in [-0.4, -0.2) is 27.8 Å². The largest absolute Gasteiger partial charge is 0.273 e. The number of benzene rings is 2. The fourth-order valence-corrected chi connectivity index (χ4v) is 3.51. The number of carbonyl (C=O) groups excluding carboxylic acids is 1. The van der Waals surface area contributed by atoms with Gasteiger partial charge in [-0.15, -0.1) is 11.8 Å². The van der Waals surface area contributed by atoms with Crippen LogP contribution >= 0.6 is 11.8 Å². The highest BCUT2D eigenvalue weighted by molar-refractivity contribution is 8.00. The van der Waals surface area contributed by atoms with Crippen LogP contribution in [0.3, 0.4) is 0 Å². The topological polar surface area (TPSA) is 97.5 Å². The SMILES string of the molecule is CCc1ccc(/C=N\NC(=O)CSc2cccc3cccnc23)cc1[N+](=O)[O-]. The van der Waals surface area contributed by atoms with E-state index >= 15 is 0 Å². The molecule has 2 aromatic carbocycles. The molecule has 28 heavy (non-hydrogen) atoms. The number of aromatic nitrogens is 1. The minimum Gasteiger partial charge on any atom is -0.272 e. The number of hydrogen-bond acceptors (Lipinski definition) is 6. The number of carbonyl (C=O) groups is 1. The summed E-state index contributed by atoms with van der Waals surface area (Å²) in [5.74, 6) is -0.0871. The van der Waals surface area contributed by atoms with E-state index in [0.717, 1.165) is 15.8 Å². The minimum absolute atomic E-state index is 0.0526. The van der Waals surface area contributed by atoms with Gasteiger partial charge in [-0.2, -0.15) is 5.10 Å². The van der Waals surface area contributed by atoms with Crippen molar-refractivity contribution >= 4 is 40.5 Å². The van der Waals surface area contributed by atoms with Crippen LogP contribution in [0.5, 0.6) is 0 Å². The lowest BCUT2D eigenvalue weighted by atomic mass is 10.1. The van der Waals surface area contributed by atoms with Gasteiger partial charge in [0.1, 0.15) is 0 Å². The molecule has 0 aliphatic carbocycles. The number of hydrogen-bond donors (Lipinski definition) is 1. The molecule has 7 nitrogen and oxygen atoms in total. The highest BCUT2D eigenvalue weighted by atomic mass is 32.2. The Hall–Kier alpha value is -3.26. The molecular weight excluding hydrogens is 376 g/mol. The molecule has 0 radical (unpaired) electrons. The van der Waals surface area contributed by atoms with Crippen LogP contribution in [0.25, 0.3) is 10.9 Å². The van der Waals surface area contributed by atoms with Gasteiger partial charge in [-0.1, -0.05) is 37.3 Å². The van der Waals surface area contributed by atoms with Crippen LogP contribution in [0.1, 0.15) is 18.1 Å². The van der Waals surface area contributed by atoms with Gasteiger partial charge in [-0.25, -0.2) is 5.43 Å². The average molecular weight is 394 g/mol. The molecule has 8 heteroatoms. The summed E-state index contributed by atoms with van der Waals surface area (Å²) in [4.78, 5) is 28.0. The first-order valence-corrected chi connectivity index (χ1v) is 9.63. The first-order chi connectivity index (χ1) is 13.6. The van der Waals surface area contributed by atoms with Crippen molar-refractivity contribution in [2.45, 2.75) is 18.2 Å². The molecule has 0 unspecified atom stereocenters. The Morgan fingerprint density at radius 2 is 2.11 bits per heavy atom. The van der Waals surface area contributed by atoms with E-state index in [1.807, 2.05) is 37.3 Å². The lowest BCUT2D eigenvalue weighted by Gasteiger charge is -2.04. The van der Waals surface area contributed by atoms with E-state index in [1.165, 1.54) is 24.0 Å². The second kappa shape index (κ2) is 9.09. The van der Waals surface area contributed by atoms with Crippen molar-refractivity contribution in [2.24, 2.45) is 5.10 Å². The zero-order chi connectivity index (χ0) is 19.9. The molecule has 1 N–H and O–H groups in total. The maximum absolute atomic E-state index is 12.0. The normalized spacial score (nSPS) is 11.0. The van der Waals surface area contributed by atoms with Gasteiger partial charge in [-0.3, -0.25) is 19.9 Å². The number of thioether (sulfide) groups is 1. The third-order valence-electron chi connectivity index (χ3n) is 4.04. The molecular formula is C20H18N4O3S. The number of aryl methyl sites for hydroxylation is 1. The smallest absolute Gasteiger partial charge is 0.272 e. The number of amides is 1. The number of nitro benzene ring substituents is 1. The van der Waals surface area contributed by atoms with Crippen LogP contribution in [0.4, 0.5) is 5.69 Å². The predicted octanol–water partition coefficient (Wildman–Crippen LogP) is 3.95. The molecule has 3 aromatic rings. The number of fused-ring (bicyclic) bond motifs is 1. The number of nitrogens with one attached hydrogen (secondary N) is 1. The molecule has 142 valence electrons. The Kier molecular flexibility index (Phi) is 6.33. The summed E-state index contributed by atoms with van der Waals surface area (Å²) in [7, 11) is 0. The highest BCUT2D eigenvalue weighted by Gasteiger charge is 2.12. The van der Waals surface area contributed by atoms with Crippen molar-refractivity contribution in [1.29, 1.82) is 0 Å². The van der Waals surface area contributed by atoms with Crippen molar-refractivity contribution in [3.05, 3.63) is 76.0 Å². The Labute approximate surface area is 166 Å². The van der Waals surface area contributed by atoms with E-state index in [9.17, 15) is 14.9 Å². The molecule has 0 saturated carbocycles. The summed E-state index contributed by atoms with van der Waals surface area (Å²) in [6.45, 7) is 1.86. The van der Waals surface area contributed by atoms with Crippen molar-refractivity contribution in [2.75, 3.05) is 5.75 Å². The predicted molar refractivity (Wildman–Crippen MR) is 111 cm³/mol. The van der Waals surface area contributed by atoms with Crippen LogP contribution in [-0.2, 0) is 11.2 Å². The first-order valence-electron chi connectivity index (χ1n) is 8.64. The van der Waals surface area contributed by atoms with Crippen LogP contribution < -0.4 is 5.43 Å². The molecule has 0 aliphatic heterocycles. The molecule has 1 heterocycles. The number of nitro groups is 1. The summed E-state index contributed by atoms with van der Waals surface area (Å²) >= 11 is 1.38. The second-order valence-corrected chi connectivity index (χ2v) is 6.93. The molecule has 0 spiro atoms. The maximum Gasteiger partial charge on any atom is 0.273 e. The monoisotopic (exact) mass is 394 g/mol. The Morgan fingerprint density at radius 1 is 1.29 bits per heavy atom. The first kappa shape index (κ1) is 19.5. The lowest BCUT2D eigenvalue weighted by Crippen LogP contribution is -2.19. The molecule has 0 fully saturated rings. The van der Waals surface area contributed by atoms with Gasteiger partial charge >= 0.3 is 0 Å². The van der Waals surface area contributed by atoms with Gasteiger partial charge in [-0.05, 0) is 18.6 Å². The summed E-state index contributed by atoms with van der Waals surface area (Å²) in [5, 5.41) is 16.0. The summed E-state index contributed by atoms with van der Waals surface area (Å²) in [6, 6.07) is 14.5. The molecule has 0 atom stereocenters. The minimum atomic E-state index is -0.413. The molecule has 0 aliphatic rings. The van der Waals surface area contributed by atoms with Crippen LogP contribution in [0, 0.1) is 10.1 Å². The summed E-state index contributed by atoms with van der Waals surface area (Å²) in [5.41, 5.74) is 4.56. The maximum atomic E-state index is 12.0. The third kappa shape index (κ3) is 4.72. The van der Waals surface area contributed by atoms with E-state index in [4.69, 9.17) is 0 Å².